The third kappa shape index (κ3) is 4.39. The first-order chi connectivity index (χ1) is 12.1. The van der Waals surface area contributed by atoms with Gasteiger partial charge in [0.05, 0.1) is 5.57 Å². The van der Waals surface area contributed by atoms with Crippen LogP contribution in [0.25, 0.3) is 5.57 Å². The molecule has 0 fully saturated rings. The lowest BCUT2D eigenvalue weighted by Gasteiger charge is -2.11. The van der Waals surface area contributed by atoms with E-state index in [0.717, 1.165) is 42.1 Å². The molecule has 0 bridgehead atoms. The summed E-state index contributed by atoms with van der Waals surface area (Å²) in [6.07, 6.45) is 2.87. The Morgan fingerprint density at radius 2 is 1.76 bits per heavy atom. The van der Waals surface area contributed by atoms with Gasteiger partial charge < -0.3 is 20.9 Å². The Morgan fingerprint density at radius 3 is 2.52 bits per heavy atom. The van der Waals surface area contributed by atoms with E-state index in [2.05, 4.69) is 34.9 Å². The fraction of sp³-hybridized carbons (Fsp3) is 0.250. The Kier molecular flexibility index (Phi) is 5.36. The molecule has 0 spiro atoms. The Hall–Kier alpha value is -2.79. The number of anilines is 3. The molecular formula is C20H24N4O. The lowest BCUT2D eigenvalue weighted by atomic mass is 10.1. The van der Waals surface area contributed by atoms with Crippen molar-refractivity contribution in [1.82, 2.24) is 4.90 Å². The number of carbonyl (C=O) groups excluding carboxylic acids is 1. The van der Waals surface area contributed by atoms with Crippen LogP contribution >= 0.6 is 0 Å². The topological polar surface area (TPSA) is 56.4 Å². The van der Waals surface area contributed by atoms with Crippen LogP contribution in [-0.2, 0) is 4.79 Å². The van der Waals surface area contributed by atoms with Crippen LogP contribution in [0.5, 0.6) is 0 Å². The summed E-state index contributed by atoms with van der Waals surface area (Å²) in [6, 6.07) is 15.8. The second-order valence-electron chi connectivity index (χ2n) is 6.36. The number of para-hydroxylation sites is 1. The molecule has 1 amide bonds. The standard InChI is InChI=1S/C20H24N4O/c1-24(2)13-5-12-21-15-8-10-16(11-9-15)22-14-18-17-6-3-4-7-19(17)23-20(18)25/h3-4,6-11,14,21-22H,5,12-13H2,1-2H3,(H,23,25). The van der Waals surface area contributed by atoms with E-state index in [1.807, 2.05) is 48.5 Å². The van der Waals surface area contributed by atoms with Crippen molar-refractivity contribution in [2.75, 3.05) is 43.1 Å². The normalized spacial score (nSPS) is 14.5. The molecule has 0 radical (unpaired) electrons. The summed E-state index contributed by atoms with van der Waals surface area (Å²) in [6.45, 7) is 2.02. The van der Waals surface area contributed by atoms with Crippen LogP contribution in [-0.4, -0.2) is 38.0 Å². The maximum absolute atomic E-state index is 12.1. The third-order valence-corrected chi connectivity index (χ3v) is 4.09. The molecule has 3 N–H and O–H groups in total. The zero-order valence-corrected chi connectivity index (χ0v) is 14.7. The molecule has 1 heterocycles. The summed E-state index contributed by atoms with van der Waals surface area (Å²) in [5.41, 5.74) is 4.49. The number of nitrogens with zero attached hydrogens (tertiary/aromatic N) is 1. The van der Waals surface area contributed by atoms with Crippen molar-refractivity contribution in [2.24, 2.45) is 0 Å². The van der Waals surface area contributed by atoms with Gasteiger partial charge in [0.2, 0.25) is 0 Å². The molecule has 3 rings (SSSR count). The molecule has 0 aromatic heterocycles. The third-order valence-electron chi connectivity index (χ3n) is 4.09. The van der Waals surface area contributed by atoms with Crippen molar-refractivity contribution in [2.45, 2.75) is 6.42 Å². The van der Waals surface area contributed by atoms with E-state index in [1.165, 1.54) is 0 Å². The van der Waals surface area contributed by atoms with Gasteiger partial charge in [-0.05, 0) is 57.4 Å². The second kappa shape index (κ2) is 7.85. The van der Waals surface area contributed by atoms with Gasteiger partial charge in [-0.3, -0.25) is 4.79 Å². The zero-order valence-electron chi connectivity index (χ0n) is 14.7. The minimum atomic E-state index is -0.0760. The van der Waals surface area contributed by atoms with Gasteiger partial charge in [0.1, 0.15) is 0 Å². The minimum Gasteiger partial charge on any atom is -0.385 e. The lowest BCUT2D eigenvalue weighted by Crippen LogP contribution is -2.16. The van der Waals surface area contributed by atoms with Crippen LogP contribution < -0.4 is 16.0 Å². The molecule has 0 saturated carbocycles. The van der Waals surface area contributed by atoms with Gasteiger partial charge in [-0.2, -0.15) is 0 Å². The Labute approximate surface area is 148 Å². The molecule has 0 saturated heterocycles. The van der Waals surface area contributed by atoms with Crippen molar-refractivity contribution in [3.05, 3.63) is 60.3 Å². The number of fused-ring (bicyclic) bond motifs is 1. The van der Waals surface area contributed by atoms with Gasteiger partial charge in [-0.15, -0.1) is 0 Å². The first-order valence-corrected chi connectivity index (χ1v) is 8.49. The van der Waals surface area contributed by atoms with Gasteiger partial charge in [-0.25, -0.2) is 0 Å². The minimum absolute atomic E-state index is 0.0760. The highest BCUT2D eigenvalue weighted by Crippen LogP contribution is 2.31. The van der Waals surface area contributed by atoms with Crippen molar-refractivity contribution in [1.29, 1.82) is 0 Å². The maximum atomic E-state index is 12.1. The van der Waals surface area contributed by atoms with Crippen LogP contribution in [0.2, 0.25) is 0 Å². The number of rotatable bonds is 7. The summed E-state index contributed by atoms with van der Waals surface area (Å²) >= 11 is 0. The maximum Gasteiger partial charge on any atom is 0.257 e. The summed E-state index contributed by atoms with van der Waals surface area (Å²) in [7, 11) is 4.16. The molecule has 0 atom stereocenters. The van der Waals surface area contributed by atoms with Crippen molar-refractivity contribution < 1.29 is 4.79 Å². The highest BCUT2D eigenvalue weighted by Gasteiger charge is 2.23. The highest BCUT2D eigenvalue weighted by atomic mass is 16.2. The molecule has 1 aliphatic rings. The average Bonchev–Trinajstić information content (AvgIpc) is 2.93. The molecular weight excluding hydrogens is 312 g/mol. The van der Waals surface area contributed by atoms with Gasteiger partial charge in [0, 0.05) is 35.4 Å². The molecule has 1 aliphatic heterocycles. The highest BCUT2D eigenvalue weighted by molar-refractivity contribution is 6.31. The zero-order chi connectivity index (χ0) is 17.6. The van der Waals surface area contributed by atoms with Crippen LogP contribution in [0.4, 0.5) is 17.1 Å². The monoisotopic (exact) mass is 336 g/mol. The molecule has 0 unspecified atom stereocenters. The number of hydrogen-bond donors (Lipinski definition) is 3. The van der Waals surface area contributed by atoms with E-state index in [9.17, 15) is 4.79 Å². The van der Waals surface area contributed by atoms with E-state index in [-0.39, 0.29) is 5.91 Å². The Balaban J connectivity index is 1.58. The van der Waals surface area contributed by atoms with Crippen LogP contribution in [0, 0.1) is 0 Å². The van der Waals surface area contributed by atoms with E-state index in [4.69, 9.17) is 0 Å². The van der Waals surface area contributed by atoms with Crippen LogP contribution in [0.15, 0.2) is 54.7 Å². The van der Waals surface area contributed by atoms with Crippen LogP contribution in [0.3, 0.4) is 0 Å². The summed E-state index contributed by atoms with van der Waals surface area (Å²) in [4.78, 5) is 14.2. The molecule has 5 heteroatoms. The Bertz CT molecular complexity index is 766. The predicted molar refractivity (Wildman–Crippen MR) is 105 cm³/mol. The second-order valence-corrected chi connectivity index (χ2v) is 6.36. The van der Waals surface area contributed by atoms with Gasteiger partial charge in [0.25, 0.3) is 5.91 Å². The number of amides is 1. The number of nitrogens with one attached hydrogen (secondary N) is 3. The van der Waals surface area contributed by atoms with E-state index >= 15 is 0 Å². The predicted octanol–water partition coefficient (Wildman–Crippen LogP) is 3.46. The van der Waals surface area contributed by atoms with Crippen molar-refractivity contribution >= 4 is 28.5 Å². The van der Waals surface area contributed by atoms with Gasteiger partial charge in [-0.1, -0.05) is 18.2 Å². The van der Waals surface area contributed by atoms with E-state index in [0.29, 0.717) is 5.57 Å². The molecule has 130 valence electrons. The van der Waals surface area contributed by atoms with Crippen LogP contribution in [0.1, 0.15) is 12.0 Å². The molecule has 2 aromatic rings. The molecule has 5 nitrogen and oxygen atoms in total. The quantitative estimate of drug-likeness (QED) is 0.535. The van der Waals surface area contributed by atoms with Crippen molar-refractivity contribution in [3.63, 3.8) is 0 Å². The first kappa shape index (κ1) is 17.0. The molecule has 25 heavy (non-hydrogen) atoms. The summed E-state index contributed by atoms with van der Waals surface area (Å²) in [5.74, 6) is -0.0760. The number of carbonyl (C=O) groups is 1. The largest absolute Gasteiger partial charge is 0.385 e. The summed E-state index contributed by atoms with van der Waals surface area (Å²) < 4.78 is 0. The van der Waals surface area contributed by atoms with Gasteiger partial charge in [0.15, 0.2) is 0 Å². The average molecular weight is 336 g/mol. The number of hydrogen-bond acceptors (Lipinski definition) is 4. The lowest BCUT2D eigenvalue weighted by molar-refractivity contribution is -0.110. The molecule has 2 aromatic carbocycles. The van der Waals surface area contributed by atoms with E-state index in [1.54, 1.807) is 6.20 Å². The Morgan fingerprint density at radius 1 is 1.04 bits per heavy atom. The fourth-order valence-electron chi connectivity index (χ4n) is 2.75. The smallest absolute Gasteiger partial charge is 0.257 e. The van der Waals surface area contributed by atoms with Crippen molar-refractivity contribution in [3.8, 4) is 0 Å². The number of benzene rings is 2. The first-order valence-electron chi connectivity index (χ1n) is 8.49. The van der Waals surface area contributed by atoms with E-state index < -0.39 is 0 Å². The summed E-state index contributed by atoms with van der Waals surface area (Å²) in [5, 5.41) is 9.49. The van der Waals surface area contributed by atoms with Gasteiger partial charge >= 0.3 is 0 Å². The SMILES string of the molecule is CN(C)CCCNc1ccc(NC=C2C(=O)Nc3ccccc32)cc1. The fourth-order valence-corrected chi connectivity index (χ4v) is 2.75. The molecule has 0 aliphatic carbocycles.